The minimum absolute atomic E-state index is 0.0264. The van der Waals surface area contributed by atoms with Crippen molar-refractivity contribution < 1.29 is 14.5 Å². The molecular formula is C14H18N2O4. The Bertz CT molecular complexity index is 480. The van der Waals surface area contributed by atoms with Gasteiger partial charge in [-0.3, -0.25) is 14.9 Å². The van der Waals surface area contributed by atoms with Crippen LogP contribution in [0.5, 0.6) is 0 Å². The molecule has 0 aliphatic carbocycles. The van der Waals surface area contributed by atoms with Crippen LogP contribution in [-0.4, -0.2) is 42.5 Å². The van der Waals surface area contributed by atoms with Crippen molar-refractivity contribution in [3.63, 3.8) is 0 Å². The molecule has 1 aliphatic rings. The molecule has 0 radical (unpaired) electrons. The zero-order valence-electron chi connectivity index (χ0n) is 11.4. The van der Waals surface area contributed by atoms with E-state index in [0.29, 0.717) is 6.54 Å². The molecule has 6 nitrogen and oxygen atoms in total. The first-order valence-electron chi connectivity index (χ1n) is 6.66. The van der Waals surface area contributed by atoms with Crippen LogP contribution < -0.4 is 0 Å². The molecular weight excluding hydrogens is 260 g/mol. The van der Waals surface area contributed by atoms with Crippen LogP contribution in [0.1, 0.15) is 24.3 Å². The first kappa shape index (κ1) is 14.5. The molecule has 0 N–H and O–H groups in total. The van der Waals surface area contributed by atoms with Gasteiger partial charge in [-0.2, -0.15) is 0 Å². The van der Waals surface area contributed by atoms with Gasteiger partial charge in [0.1, 0.15) is 0 Å². The maximum atomic E-state index is 11.9. The third kappa shape index (κ3) is 3.33. The number of nitrogens with zero attached hydrogens (tertiary/aromatic N) is 2. The number of nitro groups is 1. The van der Waals surface area contributed by atoms with Crippen molar-refractivity contribution in [2.45, 2.75) is 18.8 Å². The summed E-state index contributed by atoms with van der Waals surface area (Å²) in [6, 6.07) is 6.12. The highest BCUT2D eigenvalue weighted by molar-refractivity contribution is 5.78. The molecule has 1 fully saturated rings. The Morgan fingerprint density at radius 3 is 2.45 bits per heavy atom. The molecule has 1 heterocycles. The summed E-state index contributed by atoms with van der Waals surface area (Å²) in [5, 5.41) is 10.7. The average molecular weight is 278 g/mol. The van der Waals surface area contributed by atoms with Crippen LogP contribution in [0.3, 0.4) is 0 Å². The van der Waals surface area contributed by atoms with Gasteiger partial charge in [-0.15, -0.1) is 0 Å². The molecule has 0 amide bonds. The van der Waals surface area contributed by atoms with Crippen molar-refractivity contribution in [2.75, 3.05) is 26.7 Å². The van der Waals surface area contributed by atoms with Gasteiger partial charge in [0.15, 0.2) is 0 Å². The summed E-state index contributed by atoms with van der Waals surface area (Å²) in [7, 11) is 1.37. The van der Waals surface area contributed by atoms with E-state index in [-0.39, 0.29) is 17.6 Å². The summed E-state index contributed by atoms with van der Waals surface area (Å²) >= 11 is 0. The summed E-state index contributed by atoms with van der Waals surface area (Å²) in [6.07, 6.45) is 2.29. The van der Waals surface area contributed by atoms with E-state index < -0.39 is 4.92 Å². The van der Waals surface area contributed by atoms with Crippen molar-refractivity contribution >= 4 is 11.7 Å². The Morgan fingerprint density at radius 1 is 1.35 bits per heavy atom. The highest BCUT2D eigenvalue weighted by Gasteiger charge is 2.26. The monoisotopic (exact) mass is 278 g/mol. The van der Waals surface area contributed by atoms with E-state index in [1.807, 2.05) is 0 Å². The number of carbonyl (C=O) groups is 1. The van der Waals surface area contributed by atoms with Crippen molar-refractivity contribution in [1.82, 2.24) is 4.90 Å². The summed E-state index contributed by atoms with van der Waals surface area (Å²) in [6.45, 7) is 2.57. The number of benzene rings is 1. The van der Waals surface area contributed by atoms with Gasteiger partial charge in [-0.1, -0.05) is 12.1 Å². The smallest absolute Gasteiger partial charge is 0.314 e. The lowest BCUT2D eigenvalue weighted by molar-refractivity contribution is -0.384. The molecule has 1 aromatic rings. The fourth-order valence-electron chi connectivity index (χ4n) is 2.51. The summed E-state index contributed by atoms with van der Waals surface area (Å²) in [5.41, 5.74) is 0.785. The van der Waals surface area contributed by atoms with Crippen molar-refractivity contribution in [2.24, 2.45) is 0 Å². The van der Waals surface area contributed by atoms with Crippen molar-refractivity contribution in [1.29, 1.82) is 0 Å². The number of hydrogen-bond acceptors (Lipinski definition) is 5. The predicted octanol–water partition coefficient (Wildman–Crippen LogP) is 1.95. The fraction of sp³-hybridized carbons (Fsp3) is 0.500. The van der Waals surface area contributed by atoms with E-state index >= 15 is 0 Å². The highest BCUT2D eigenvalue weighted by atomic mass is 16.6. The molecule has 6 heteroatoms. The van der Waals surface area contributed by atoms with E-state index in [1.54, 1.807) is 12.1 Å². The standard InChI is InChI=1S/C14H18N2O4/c1-20-14(17)13(10-15-8-2-3-9-15)11-4-6-12(7-5-11)16(18)19/h4-7,13H,2-3,8-10H2,1H3. The zero-order chi connectivity index (χ0) is 14.5. The van der Waals surface area contributed by atoms with Gasteiger partial charge in [-0.25, -0.2) is 0 Å². The van der Waals surface area contributed by atoms with E-state index in [1.165, 1.54) is 19.2 Å². The highest BCUT2D eigenvalue weighted by Crippen LogP contribution is 2.23. The molecule has 0 aromatic heterocycles. The van der Waals surface area contributed by atoms with Crippen LogP contribution in [0.4, 0.5) is 5.69 Å². The van der Waals surface area contributed by atoms with Gasteiger partial charge >= 0.3 is 5.97 Å². The Morgan fingerprint density at radius 2 is 1.95 bits per heavy atom. The number of ether oxygens (including phenoxy) is 1. The quantitative estimate of drug-likeness (QED) is 0.467. The van der Waals surface area contributed by atoms with Crippen LogP contribution in [0.15, 0.2) is 24.3 Å². The molecule has 0 spiro atoms. The lowest BCUT2D eigenvalue weighted by Crippen LogP contribution is -2.30. The van der Waals surface area contributed by atoms with Gasteiger partial charge in [0.25, 0.3) is 5.69 Å². The SMILES string of the molecule is COC(=O)C(CN1CCCC1)c1ccc([N+](=O)[O-])cc1. The normalized spacial score (nSPS) is 16.9. The molecule has 1 saturated heterocycles. The summed E-state index contributed by atoms with van der Waals surface area (Å²) < 4.78 is 4.86. The van der Waals surface area contributed by atoms with Crippen LogP contribution in [-0.2, 0) is 9.53 Å². The third-order valence-corrected chi connectivity index (χ3v) is 3.63. The number of carbonyl (C=O) groups excluding carboxylic acids is 1. The van der Waals surface area contributed by atoms with Gasteiger partial charge in [0, 0.05) is 18.7 Å². The van der Waals surface area contributed by atoms with Gasteiger partial charge in [0.05, 0.1) is 18.0 Å². The third-order valence-electron chi connectivity index (χ3n) is 3.63. The minimum atomic E-state index is -0.447. The Kier molecular flexibility index (Phi) is 4.68. The number of non-ortho nitro benzene ring substituents is 1. The van der Waals surface area contributed by atoms with E-state index in [0.717, 1.165) is 31.5 Å². The average Bonchev–Trinajstić information content (AvgIpc) is 2.97. The van der Waals surface area contributed by atoms with Gasteiger partial charge < -0.3 is 9.64 Å². The van der Waals surface area contributed by atoms with Gasteiger partial charge in [-0.05, 0) is 31.5 Å². The Hall–Kier alpha value is -1.95. The molecule has 0 saturated carbocycles. The van der Waals surface area contributed by atoms with Crippen LogP contribution in [0.2, 0.25) is 0 Å². The van der Waals surface area contributed by atoms with Crippen LogP contribution in [0, 0.1) is 10.1 Å². The maximum absolute atomic E-state index is 11.9. The second kappa shape index (κ2) is 6.47. The Balaban J connectivity index is 2.16. The van der Waals surface area contributed by atoms with E-state index in [4.69, 9.17) is 4.74 Å². The molecule has 108 valence electrons. The van der Waals surface area contributed by atoms with Crippen LogP contribution >= 0.6 is 0 Å². The second-order valence-electron chi connectivity index (χ2n) is 4.93. The first-order chi connectivity index (χ1) is 9.61. The molecule has 1 aromatic carbocycles. The number of likely N-dealkylation sites (tertiary alicyclic amines) is 1. The topological polar surface area (TPSA) is 72.7 Å². The summed E-state index contributed by atoms with van der Waals surface area (Å²) in [4.78, 5) is 24.4. The molecule has 1 aliphatic heterocycles. The van der Waals surface area contributed by atoms with E-state index in [9.17, 15) is 14.9 Å². The minimum Gasteiger partial charge on any atom is -0.469 e. The first-order valence-corrected chi connectivity index (χ1v) is 6.66. The number of rotatable bonds is 5. The number of hydrogen-bond donors (Lipinski definition) is 0. The Labute approximate surface area is 117 Å². The largest absolute Gasteiger partial charge is 0.469 e. The molecule has 0 bridgehead atoms. The lowest BCUT2D eigenvalue weighted by Gasteiger charge is -2.21. The maximum Gasteiger partial charge on any atom is 0.314 e. The lowest BCUT2D eigenvalue weighted by atomic mass is 9.98. The van der Waals surface area contributed by atoms with Gasteiger partial charge in [0.2, 0.25) is 0 Å². The molecule has 1 atom stereocenters. The molecule has 20 heavy (non-hydrogen) atoms. The van der Waals surface area contributed by atoms with Crippen molar-refractivity contribution in [3.05, 3.63) is 39.9 Å². The second-order valence-corrected chi connectivity index (χ2v) is 4.93. The number of esters is 1. The van der Waals surface area contributed by atoms with Crippen molar-refractivity contribution in [3.8, 4) is 0 Å². The fourth-order valence-corrected chi connectivity index (χ4v) is 2.51. The van der Waals surface area contributed by atoms with E-state index in [2.05, 4.69) is 4.90 Å². The van der Waals surface area contributed by atoms with Crippen LogP contribution in [0.25, 0.3) is 0 Å². The summed E-state index contributed by atoms with van der Waals surface area (Å²) in [5.74, 6) is -0.690. The number of nitro benzene ring substituents is 1. The molecule has 1 unspecified atom stereocenters. The molecule has 2 rings (SSSR count). The predicted molar refractivity (Wildman–Crippen MR) is 73.5 cm³/mol. The number of methoxy groups -OCH3 is 1. The zero-order valence-corrected chi connectivity index (χ0v) is 11.4.